The SMILES string of the molecule is CCN(Cc1ccncc1)c1cnc(C(C)C)nc1CN. The largest absolute Gasteiger partial charge is 0.365 e. The van der Waals surface area contributed by atoms with Crippen molar-refractivity contribution < 1.29 is 0 Å². The molecule has 2 aromatic heterocycles. The van der Waals surface area contributed by atoms with Crippen molar-refractivity contribution in [3.8, 4) is 0 Å². The first-order valence-corrected chi connectivity index (χ1v) is 7.35. The highest BCUT2D eigenvalue weighted by Gasteiger charge is 2.14. The number of nitrogens with zero attached hydrogens (tertiary/aromatic N) is 4. The average molecular weight is 285 g/mol. The third kappa shape index (κ3) is 3.76. The van der Waals surface area contributed by atoms with Crippen molar-refractivity contribution in [1.82, 2.24) is 15.0 Å². The van der Waals surface area contributed by atoms with Gasteiger partial charge in [-0.2, -0.15) is 0 Å². The molecule has 2 aromatic rings. The number of hydrogen-bond acceptors (Lipinski definition) is 5. The van der Waals surface area contributed by atoms with Crippen LogP contribution < -0.4 is 10.6 Å². The molecular weight excluding hydrogens is 262 g/mol. The van der Waals surface area contributed by atoms with Crippen molar-refractivity contribution in [2.75, 3.05) is 11.4 Å². The van der Waals surface area contributed by atoms with Crippen LogP contribution in [0, 0.1) is 0 Å². The minimum atomic E-state index is 0.305. The van der Waals surface area contributed by atoms with Gasteiger partial charge < -0.3 is 10.6 Å². The third-order valence-corrected chi connectivity index (χ3v) is 3.42. The molecule has 0 unspecified atom stereocenters. The molecule has 0 bridgehead atoms. The molecular formula is C16H23N5. The van der Waals surface area contributed by atoms with E-state index in [0.29, 0.717) is 12.5 Å². The molecule has 0 radical (unpaired) electrons. The average Bonchev–Trinajstić information content (AvgIpc) is 2.53. The lowest BCUT2D eigenvalue weighted by atomic mass is 10.2. The summed E-state index contributed by atoms with van der Waals surface area (Å²) in [4.78, 5) is 15.4. The first kappa shape index (κ1) is 15.4. The Balaban J connectivity index is 2.29. The molecule has 2 heterocycles. The smallest absolute Gasteiger partial charge is 0.131 e. The van der Waals surface area contributed by atoms with E-state index in [2.05, 4.69) is 40.6 Å². The third-order valence-electron chi connectivity index (χ3n) is 3.42. The maximum absolute atomic E-state index is 5.88. The summed E-state index contributed by atoms with van der Waals surface area (Å²) in [6.45, 7) is 8.39. The van der Waals surface area contributed by atoms with Crippen LogP contribution in [0.4, 0.5) is 5.69 Å². The second kappa shape index (κ2) is 7.13. The van der Waals surface area contributed by atoms with Crippen LogP contribution in [0.3, 0.4) is 0 Å². The Hall–Kier alpha value is -2.01. The van der Waals surface area contributed by atoms with E-state index < -0.39 is 0 Å². The molecule has 0 aromatic carbocycles. The van der Waals surface area contributed by atoms with Gasteiger partial charge in [0, 0.05) is 37.9 Å². The minimum Gasteiger partial charge on any atom is -0.365 e. The molecule has 0 saturated heterocycles. The molecule has 0 spiro atoms. The van der Waals surface area contributed by atoms with Crippen LogP contribution in [0.2, 0.25) is 0 Å². The fourth-order valence-electron chi connectivity index (χ4n) is 2.19. The molecule has 5 heteroatoms. The fraction of sp³-hybridized carbons (Fsp3) is 0.438. The van der Waals surface area contributed by atoms with Gasteiger partial charge in [0.1, 0.15) is 5.82 Å². The normalized spacial score (nSPS) is 10.9. The number of pyridine rings is 1. The summed E-state index contributed by atoms with van der Waals surface area (Å²) in [6.07, 6.45) is 5.52. The maximum atomic E-state index is 5.88. The van der Waals surface area contributed by atoms with E-state index >= 15 is 0 Å². The molecule has 0 amide bonds. The summed E-state index contributed by atoms with van der Waals surface area (Å²) in [5.74, 6) is 1.15. The summed E-state index contributed by atoms with van der Waals surface area (Å²) in [5, 5.41) is 0. The standard InChI is InChI=1S/C16H23N5/c1-4-21(11-13-5-7-18-8-6-13)15-10-19-16(12(2)3)20-14(15)9-17/h5-8,10,12H,4,9,11,17H2,1-3H3. The van der Waals surface area contributed by atoms with E-state index in [1.54, 1.807) is 0 Å². The van der Waals surface area contributed by atoms with Gasteiger partial charge in [0.25, 0.3) is 0 Å². The zero-order chi connectivity index (χ0) is 15.2. The minimum absolute atomic E-state index is 0.305. The number of rotatable bonds is 6. The topological polar surface area (TPSA) is 67.9 Å². The van der Waals surface area contributed by atoms with Gasteiger partial charge in [0.2, 0.25) is 0 Å². The van der Waals surface area contributed by atoms with Crippen molar-refractivity contribution >= 4 is 5.69 Å². The van der Waals surface area contributed by atoms with Crippen molar-refractivity contribution in [3.05, 3.63) is 47.8 Å². The Morgan fingerprint density at radius 2 is 1.95 bits per heavy atom. The Labute approximate surface area is 126 Å². The van der Waals surface area contributed by atoms with Crippen LogP contribution in [-0.2, 0) is 13.1 Å². The van der Waals surface area contributed by atoms with Crippen LogP contribution >= 0.6 is 0 Å². The molecule has 2 N–H and O–H groups in total. The number of nitrogens with two attached hydrogens (primary N) is 1. The zero-order valence-electron chi connectivity index (χ0n) is 13.0. The quantitative estimate of drug-likeness (QED) is 0.883. The molecule has 0 fully saturated rings. The highest BCUT2D eigenvalue weighted by molar-refractivity contribution is 5.49. The first-order chi connectivity index (χ1) is 10.2. The molecule has 112 valence electrons. The van der Waals surface area contributed by atoms with E-state index in [1.165, 1.54) is 5.56 Å². The number of anilines is 1. The summed E-state index contributed by atoms with van der Waals surface area (Å²) in [6, 6.07) is 4.04. The molecule has 0 aliphatic rings. The van der Waals surface area contributed by atoms with E-state index in [9.17, 15) is 0 Å². The van der Waals surface area contributed by atoms with E-state index in [0.717, 1.165) is 30.3 Å². The van der Waals surface area contributed by atoms with Crippen molar-refractivity contribution in [1.29, 1.82) is 0 Å². The highest BCUT2D eigenvalue weighted by Crippen LogP contribution is 2.21. The van der Waals surface area contributed by atoms with Gasteiger partial charge in [0.15, 0.2) is 0 Å². The van der Waals surface area contributed by atoms with Crippen LogP contribution in [0.5, 0.6) is 0 Å². The predicted molar refractivity (Wildman–Crippen MR) is 85.0 cm³/mol. The van der Waals surface area contributed by atoms with Crippen LogP contribution in [0.15, 0.2) is 30.7 Å². The monoisotopic (exact) mass is 285 g/mol. The Bertz CT molecular complexity index is 568. The summed E-state index contributed by atoms with van der Waals surface area (Å²) in [7, 11) is 0. The molecule has 0 aliphatic carbocycles. The Kier molecular flexibility index (Phi) is 5.22. The summed E-state index contributed by atoms with van der Waals surface area (Å²) < 4.78 is 0. The maximum Gasteiger partial charge on any atom is 0.131 e. The molecule has 0 atom stereocenters. The van der Waals surface area contributed by atoms with Gasteiger partial charge in [-0.15, -0.1) is 0 Å². The van der Waals surface area contributed by atoms with Crippen LogP contribution in [-0.4, -0.2) is 21.5 Å². The zero-order valence-corrected chi connectivity index (χ0v) is 13.0. The Morgan fingerprint density at radius 3 is 2.52 bits per heavy atom. The predicted octanol–water partition coefficient (Wildman–Crippen LogP) is 2.48. The van der Waals surface area contributed by atoms with Gasteiger partial charge in [-0.1, -0.05) is 13.8 Å². The van der Waals surface area contributed by atoms with E-state index in [4.69, 9.17) is 5.73 Å². The van der Waals surface area contributed by atoms with Crippen molar-refractivity contribution in [2.24, 2.45) is 5.73 Å². The highest BCUT2D eigenvalue weighted by atomic mass is 15.1. The van der Waals surface area contributed by atoms with Crippen LogP contribution in [0.25, 0.3) is 0 Å². The van der Waals surface area contributed by atoms with Gasteiger partial charge in [-0.05, 0) is 24.6 Å². The van der Waals surface area contributed by atoms with Gasteiger partial charge in [0.05, 0.1) is 17.6 Å². The summed E-state index contributed by atoms with van der Waals surface area (Å²) >= 11 is 0. The molecule has 2 rings (SSSR count). The van der Waals surface area contributed by atoms with E-state index in [-0.39, 0.29) is 0 Å². The molecule has 0 aliphatic heterocycles. The van der Waals surface area contributed by atoms with Gasteiger partial charge in [-0.25, -0.2) is 9.97 Å². The van der Waals surface area contributed by atoms with Crippen molar-refractivity contribution in [3.63, 3.8) is 0 Å². The van der Waals surface area contributed by atoms with E-state index in [1.807, 2.05) is 30.7 Å². The molecule has 5 nitrogen and oxygen atoms in total. The fourth-order valence-corrected chi connectivity index (χ4v) is 2.19. The van der Waals surface area contributed by atoms with Gasteiger partial charge in [-0.3, -0.25) is 4.98 Å². The number of hydrogen-bond donors (Lipinski definition) is 1. The lowest BCUT2D eigenvalue weighted by Crippen LogP contribution is -2.25. The van der Waals surface area contributed by atoms with Crippen LogP contribution in [0.1, 0.15) is 43.8 Å². The second-order valence-corrected chi connectivity index (χ2v) is 5.29. The Morgan fingerprint density at radius 1 is 1.24 bits per heavy atom. The summed E-state index contributed by atoms with van der Waals surface area (Å²) in [5.41, 5.74) is 9.01. The van der Waals surface area contributed by atoms with Gasteiger partial charge >= 0.3 is 0 Å². The molecule has 21 heavy (non-hydrogen) atoms. The number of aromatic nitrogens is 3. The lowest BCUT2D eigenvalue weighted by molar-refractivity contribution is 0.739. The second-order valence-electron chi connectivity index (χ2n) is 5.29. The molecule has 0 saturated carbocycles. The van der Waals surface area contributed by atoms with Crippen molar-refractivity contribution in [2.45, 2.75) is 39.8 Å². The lowest BCUT2D eigenvalue weighted by Gasteiger charge is -2.25. The first-order valence-electron chi connectivity index (χ1n) is 7.35.